The standard InChI is InChI=1S/C14H18F3N3O2/c15-14(16,17)12-10-11(4-5-13(12)20(21)22)18-6-9-19-7-2-1-3-8-19/h4-5,10,18H,1-3,6-9H2. The summed E-state index contributed by atoms with van der Waals surface area (Å²) in [5.41, 5.74) is -1.90. The van der Waals surface area contributed by atoms with Gasteiger partial charge in [0.2, 0.25) is 0 Å². The third kappa shape index (κ3) is 4.33. The van der Waals surface area contributed by atoms with Crippen molar-refractivity contribution in [1.82, 2.24) is 4.90 Å². The number of piperidine rings is 1. The zero-order valence-corrected chi connectivity index (χ0v) is 12.0. The van der Waals surface area contributed by atoms with Crippen LogP contribution < -0.4 is 5.32 Å². The topological polar surface area (TPSA) is 58.4 Å². The Bertz CT molecular complexity index is 529. The average Bonchev–Trinajstić information content (AvgIpc) is 2.47. The van der Waals surface area contributed by atoms with Crippen LogP contribution in [0.15, 0.2) is 18.2 Å². The lowest BCUT2D eigenvalue weighted by molar-refractivity contribution is -0.388. The molecule has 0 atom stereocenters. The van der Waals surface area contributed by atoms with E-state index in [0.717, 1.165) is 44.6 Å². The van der Waals surface area contributed by atoms with Crippen LogP contribution in [0.5, 0.6) is 0 Å². The van der Waals surface area contributed by atoms with Crippen molar-refractivity contribution in [3.05, 3.63) is 33.9 Å². The highest BCUT2D eigenvalue weighted by Gasteiger charge is 2.38. The predicted octanol–water partition coefficient (Wildman–Crippen LogP) is 3.51. The van der Waals surface area contributed by atoms with E-state index in [4.69, 9.17) is 0 Å². The number of hydrogen-bond donors (Lipinski definition) is 1. The molecule has 0 bridgehead atoms. The molecule has 1 aromatic carbocycles. The Morgan fingerprint density at radius 2 is 1.91 bits per heavy atom. The van der Waals surface area contributed by atoms with Crippen molar-refractivity contribution in [2.75, 3.05) is 31.5 Å². The predicted molar refractivity (Wildman–Crippen MR) is 76.9 cm³/mol. The van der Waals surface area contributed by atoms with E-state index >= 15 is 0 Å². The van der Waals surface area contributed by atoms with Gasteiger partial charge >= 0.3 is 6.18 Å². The van der Waals surface area contributed by atoms with E-state index in [0.29, 0.717) is 6.54 Å². The van der Waals surface area contributed by atoms with Crippen LogP contribution in [0.4, 0.5) is 24.5 Å². The van der Waals surface area contributed by atoms with Crippen LogP contribution in [0.3, 0.4) is 0 Å². The molecule has 0 spiro atoms. The van der Waals surface area contributed by atoms with Crippen molar-refractivity contribution in [2.24, 2.45) is 0 Å². The molecule has 122 valence electrons. The summed E-state index contributed by atoms with van der Waals surface area (Å²) in [7, 11) is 0. The molecule has 1 heterocycles. The number of likely N-dealkylation sites (tertiary alicyclic amines) is 1. The van der Waals surface area contributed by atoms with Crippen molar-refractivity contribution in [1.29, 1.82) is 0 Å². The van der Waals surface area contributed by atoms with Gasteiger partial charge in [-0.1, -0.05) is 6.42 Å². The number of anilines is 1. The fraction of sp³-hybridized carbons (Fsp3) is 0.571. The quantitative estimate of drug-likeness (QED) is 0.667. The van der Waals surface area contributed by atoms with Crippen molar-refractivity contribution in [2.45, 2.75) is 25.4 Å². The van der Waals surface area contributed by atoms with Crippen LogP contribution in [0.25, 0.3) is 0 Å². The van der Waals surface area contributed by atoms with Gasteiger partial charge in [0, 0.05) is 24.8 Å². The molecule has 0 aliphatic carbocycles. The second-order valence-electron chi connectivity index (χ2n) is 5.32. The summed E-state index contributed by atoms with van der Waals surface area (Å²) < 4.78 is 38.6. The molecule has 1 saturated heterocycles. The molecule has 1 aliphatic heterocycles. The summed E-state index contributed by atoms with van der Waals surface area (Å²) in [6, 6.07) is 3.00. The summed E-state index contributed by atoms with van der Waals surface area (Å²) in [5.74, 6) is 0. The Labute approximate surface area is 126 Å². The third-order valence-corrected chi connectivity index (χ3v) is 3.70. The summed E-state index contributed by atoms with van der Waals surface area (Å²) in [5, 5.41) is 13.6. The maximum Gasteiger partial charge on any atom is 0.423 e. The minimum absolute atomic E-state index is 0.245. The van der Waals surface area contributed by atoms with Gasteiger partial charge in [-0.25, -0.2) is 0 Å². The Hall–Kier alpha value is -1.83. The summed E-state index contributed by atoms with van der Waals surface area (Å²) in [6.45, 7) is 3.28. The van der Waals surface area contributed by atoms with Crippen LogP contribution in [-0.2, 0) is 6.18 Å². The van der Waals surface area contributed by atoms with E-state index in [1.165, 1.54) is 12.5 Å². The molecule has 5 nitrogen and oxygen atoms in total. The molecule has 0 saturated carbocycles. The molecule has 1 fully saturated rings. The van der Waals surface area contributed by atoms with Crippen molar-refractivity contribution in [3.63, 3.8) is 0 Å². The Kier molecular flexibility index (Phi) is 5.23. The average molecular weight is 317 g/mol. The fourth-order valence-electron chi connectivity index (χ4n) is 2.57. The number of rotatable bonds is 5. The second-order valence-corrected chi connectivity index (χ2v) is 5.32. The third-order valence-electron chi connectivity index (χ3n) is 3.70. The molecule has 2 rings (SSSR count). The van der Waals surface area contributed by atoms with Gasteiger partial charge in [-0.15, -0.1) is 0 Å². The smallest absolute Gasteiger partial charge is 0.384 e. The molecule has 0 unspecified atom stereocenters. The maximum absolute atomic E-state index is 12.9. The lowest BCUT2D eigenvalue weighted by Gasteiger charge is -2.26. The Balaban J connectivity index is 2.00. The number of nitro benzene ring substituents is 1. The Morgan fingerprint density at radius 3 is 2.50 bits per heavy atom. The van der Waals surface area contributed by atoms with Crippen LogP contribution in [0.1, 0.15) is 24.8 Å². The van der Waals surface area contributed by atoms with Gasteiger partial charge in [0.15, 0.2) is 0 Å². The molecular formula is C14H18F3N3O2. The first-order valence-corrected chi connectivity index (χ1v) is 7.20. The van der Waals surface area contributed by atoms with E-state index in [9.17, 15) is 23.3 Å². The van der Waals surface area contributed by atoms with E-state index in [1.54, 1.807) is 0 Å². The van der Waals surface area contributed by atoms with Crippen LogP contribution in [0, 0.1) is 10.1 Å². The highest BCUT2D eigenvalue weighted by molar-refractivity contribution is 5.55. The van der Waals surface area contributed by atoms with Gasteiger partial charge in [0.1, 0.15) is 5.56 Å². The molecule has 8 heteroatoms. The zero-order valence-electron chi connectivity index (χ0n) is 12.0. The molecular weight excluding hydrogens is 299 g/mol. The van der Waals surface area contributed by atoms with Gasteiger partial charge in [0.05, 0.1) is 4.92 Å². The van der Waals surface area contributed by atoms with Crippen LogP contribution >= 0.6 is 0 Å². The number of hydrogen-bond acceptors (Lipinski definition) is 4. The van der Waals surface area contributed by atoms with E-state index < -0.39 is 22.4 Å². The number of benzene rings is 1. The van der Waals surface area contributed by atoms with E-state index in [1.807, 2.05) is 0 Å². The highest BCUT2D eigenvalue weighted by Crippen LogP contribution is 2.37. The molecule has 0 amide bonds. The fourth-order valence-corrected chi connectivity index (χ4v) is 2.57. The van der Waals surface area contributed by atoms with Crippen molar-refractivity contribution < 1.29 is 18.1 Å². The van der Waals surface area contributed by atoms with Crippen LogP contribution in [-0.4, -0.2) is 36.0 Å². The first-order valence-electron chi connectivity index (χ1n) is 7.20. The van der Waals surface area contributed by atoms with Gasteiger partial charge in [-0.3, -0.25) is 10.1 Å². The number of nitrogens with one attached hydrogen (secondary N) is 1. The minimum atomic E-state index is -4.74. The lowest BCUT2D eigenvalue weighted by Crippen LogP contribution is -2.33. The minimum Gasteiger partial charge on any atom is -0.384 e. The van der Waals surface area contributed by atoms with Gasteiger partial charge < -0.3 is 10.2 Å². The zero-order chi connectivity index (χ0) is 16.2. The largest absolute Gasteiger partial charge is 0.423 e. The number of nitro groups is 1. The normalized spacial score (nSPS) is 16.5. The monoisotopic (exact) mass is 317 g/mol. The molecule has 1 aliphatic rings. The Morgan fingerprint density at radius 1 is 1.23 bits per heavy atom. The van der Waals surface area contributed by atoms with Gasteiger partial charge in [-0.05, 0) is 38.1 Å². The number of nitrogens with zero attached hydrogens (tertiary/aromatic N) is 2. The molecule has 0 radical (unpaired) electrons. The number of halogens is 3. The maximum atomic E-state index is 12.9. The van der Waals surface area contributed by atoms with Crippen LogP contribution in [0.2, 0.25) is 0 Å². The summed E-state index contributed by atoms with van der Waals surface area (Å²) in [6.07, 6.45) is -1.22. The number of alkyl halides is 3. The lowest BCUT2D eigenvalue weighted by atomic mass is 10.1. The first-order chi connectivity index (χ1) is 10.4. The highest BCUT2D eigenvalue weighted by atomic mass is 19.4. The van der Waals surface area contributed by atoms with E-state index in [-0.39, 0.29) is 5.69 Å². The summed E-state index contributed by atoms with van der Waals surface area (Å²) >= 11 is 0. The SMILES string of the molecule is O=[N+]([O-])c1ccc(NCCN2CCCCC2)cc1C(F)(F)F. The molecule has 0 aromatic heterocycles. The molecule has 1 aromatic rings. The summed E-state index contributed by atoms with van der Waals surface area (Å²) in [4.78, 5) is 11.9. The van der Waals surface area contributed by atoms with Gasteiger partial charge in [-0.2, -0.15) is 13.2 Å². The van der Waals surface area contributed by atoms with E-state index in [2.05, 4.69) is 10.2 Å². The van der Waals surface area contributed by atoms with Crippen molar-refractivity contribution in [3.8, 4) is 0 Å². The first kappa shape index (κ1) is 16.5. The molecule has 1 N–H and O–H groups in total. The van der Waals surface area contributed by atoms with Crippen molar-refractivity contribution >= 4 is 11.4 Å². The second kappa shape index (κ2) is 6.95. The van der Waals surface area contributed by atoms with Gasteiger partial charge in [0.25, 0.3) is 5.69 Å². The molecule has 22 heavy (non-hydrogen) atoms.